The summed E-state index contributed by atoms with van der Waals surface area (Å²) in [5.41, 5.74) is 3.82. The number of hydrogen-bond acceptors (Lipinski definition) is 4. The summed E-state index contributed by atoms with van der Waals surface area (Å²) in [6.07, 6.45) is 2.18. The number of fused-ring (bicyclic) bond motifs is 4. The highest BCUT2D eigenvalue weighted by Crippen LogP contribution is 2.64. The van der Waals surface area contributed by atoms with Crippen LogP contribution < -0.4 is 0 Å². The van der Waals surface area contributed by atoms with E-state index in [9.17, 15) is 14.7 Å². The molecule has 5 aliphatic rings. The lowest BCUT2D eigenvalue weighted by molar-refractivity contribution is -0.155. The molecule has 6 heteroatoms. The molecule has 6 nitrogen and oxygen atoms in total. The summed E-state index contributed by atoms with van der Waals surface area (Å²) in [6, 6.07) is 16.6. The highest BCUT2D eigenvalue weighted by molar-refractivity contribution is 5.79. The molecule has 7 rings (SSSR count). The Kier molecular flexibility index (Phi) is 4.60. The highest BCUT2D eigenvalue weighted by Gasteiger charge is 2.71. The van der Waals surface area contributed by atoms with Gasteiger partial charge in [0.1, 0.15) is 6.61 Å². The van der Waals surface area contributed by atoms with Gasteiger partial charge in [0, 0.05) is 19.0 Å². The second-order valence-electron chi connectivity index (χ2n) is 10.4. The molecule has 4 fully saturated rings. The molecule has 1 atom stereocenters. The van der Waals surface area contributed by atoms with Crippen molar-refractivity contribution in [1.29, 1.82) is 0 Å². The average molecular weight is 448 g/mol. The maximum Gasteiger partial charge on any atom is 0.409 e. The van der Waals surface area contributed by atoms with E-state index in [1.165, 1.54) is 22.3 Å². The number of hydrogen-bond donors (Lipinski definition) is 1. The second-order valence-corrected chi connectivity index (χ2v) is 10.4. The summed E-state index contributed by atoms with van der Waals surface area (Å²) in [6.45, 7) is 3.49. The van der Waals surface area contributed by atoms with Crippen molar-refractivity contribution in [2.75, 3.05) is 19.7 Å². The van der Waals surface area contributed by atoms with E-state index in [0.717, 1.165) is 12.8 Å². The number of aliphatic carboxylic acids is 1. The molecule has 1 saturated carbocycles. The molecule has 3 heterocycles. The standard InChI is InChI=1S/C27H29NO5/c1-26-15-27(16-26,24(29)30)23(33-26)17-10-12-28(13-11-17)25(31)32-14-22-20-8-4-2-6-18(20)19-7-3-5-9-21(19)22/h2-9,17,22-23H,10-16H2,1H3,(H,29,30). The zero-order valence-corrected chi connectivity index (χ0v) is 18.8. The monoisotopic (exact) mass is 447 g/mol. The normalized spacial score (nSPS) is 30.5. The van der Waals surface area contributed by atoms with Gasteiger partial charge in [-0.3, -0.25) is 4.79 Å². The van der Waals surface area contributed by atoms with Gasteiger partial charge in [-0.25, -0.2) is 4.79 Å². The second kappa shape index (κ2) is 7.32. The maximum atomic E-state index is 12.9. The summed E-state index contributed by atoms with van der Waals surface area (Å²) >= 11 is 0. The van der Waals surface area contributed by atoms with Crippen LogP contribution in [-0.4, -0.2) is 53.5 Å². The van der Waals surface area contributed by atoms with Gasteiger partial charge in [0.05, 0.1) is 17.1 Å². The minimum Gasteiger partial charge on any atom is -0.481 e. The van der Waals surface area contributed by atoms with Gasteiger partial charge in [-0.1, -0.05) is 48.5 Å². The van der Waals surface area contributed by atoms with Gasteiger partial charge in [0.15, 0.2) is 0 Å². The number of ether oxygens (including phenoxy) is 2. The lowest BCUT2D eigenvalue weighted by Crippen LogP contribution is -2.51. The van der Waals surface area contributed by atoms with Crippen molar-refractivity contribution < 1.29 is 24.2 Å². The molecule has 0 spiro atoms. The molecule has 2 aromatic carbocycles. The number of carboxylic acids is 1. The van der Waals surface area contributed by atoms with E-state index in [0.29, 0.717) is 32.5 Å². The maximum absolute atomic E-state index is 12.9. The molecule has 2 aliphatic carbocycles. The zero-order valence-electron chi connectivity index (χ0n) is 18.8. The van der Waals surface area contributed by atoms with E-state index in [1.54, 1.807) is 4.90 Å². The summed E-state index contributed by atoms with van der Waals surface area (Å²) in [7, 11) is 0. The first-order valence-corrected chi connectivity index (χ1v) is 11.9. The molecule has 2 bridgehead atoms. The number of nitrogens with zero attached hydrogens (tertiary/aromatic N) is 1. The Labute approximate surface area is 193 Å². The largest absolute Gasteiger partial charge is 0.481 e. The molecule has 33 heavy (non-hydrogen) atoms. The van der Waals surface area contributed by atoms with Gasteiger partial charge >= 0.3 is 12.1 Å². The SMILES string of the molecule is CC12CC(C(=O)O)(C1)C(C1CCN(C(=O)OCC3c4ccccc4-c4ccccc43)CC1)O2. The van der Waals surface area contributed by atoms with Gasteiger partial charge in [-0.2, -0.15) is 0 Å². The molecular formula is C27H29NO5. The van der Waals surface area contributed by atoms with Crippen molar-refractivity contribution in [2.45, 2.75) is 50.2 Å². The number of likely N-dealkylation sites (tertiary alicyclic amines) is 1. The molecule has 1 N–H and O–H groups in total. The first-order chi connectivity index (χ1) is 15.9. The third kappa shape index (κ3) is 3.11. The average Bonchev–Trinajstić information content (AvgIpc) is 3.41. The van der Waals surface area contributed by atoms with Crippen molar-refractivity contribution in [3.8, 4) is 11.1 Å². The first kappa shape index (κ1) is 20.7. The summed E-state index contributed by atoms with van der Waals surface area (Å²) < 4.78 is 12.0. The third-order valence-corrected chi connectivity index (χ3v) is 8.32. The number of amides is 1. The predicted molar refractivity (Wildman–Crippen MR) is 122 cm³/mol. The first-order valence-electron chi connectivity index (χ1n) is 11.9. The Bertz CT molecular complexity index is 1070. The fourth-order valence-electron chi connectivity index (χ4n) is 6.88. The Balaban J connectivity index is 1.08. The molecule has 3 aliphatic heterocycles. The summed E-state index contributed by atoms with van der Waals surface area (Å²) in [5, 5.41) is 9.81. The Morgan fingerprint density at radius 2 is 1.61 bits per heavy atom. The quantitative estimate of drug-likeness (QED) is 0.737. The number of carbonyl (C=O) groups is 2. The highest BCUT2D eigenvalue weighted by atomic mass is 16.6. The van der Waals surface area contributed by atoms with Crippen molar-refractivity contribution in [1.82, 2.24) is 4.90 Å². The Hall–Kier alpha value is -2.86. The predicted octanol–water partition coefficient (Wildman–Crippen LogP) is 4.67. The number of rotatable bonds is 4. The fourth-order valence-corrected chi connectivity index (χ4v) is 6.88. The fraction of sp³-hybridized carbons (Fsp3) is 0.481. The van der Waals surface area contributed by atoms with Crippen molar-refractivity contribution in [3.63, 3.8) is 0 Å². The van der Waals surface area contributed by atoms with Gasteiger partial charge in [0.2, 0.25) is 0 Å². The van der Waals surface area contributed by atoms with Gasteiger partial charge in [-0.05, 0) is 60.8 Å². The van der Waals surface area contributed by atoms with Crippen LogP contribution in [0.2, 0.25) is 0 Å². The minimum absolute atomic E-state index is 0.0498. The third-order valence-electron chi connectivity index (χ3n) is 8.32. The van der Waals surface area contributed by atoms with Gasteiger partial charge in [0.25, 0.3) is 0 Å². The molecule has 1 unspecified atom stereocenters. The summed E-state index contributed by atoms with van der Waals surface area (Å²) in [5.74, 6) is -0.516. The van der Waals surface area contributed by atoms with Gasteiger partial charge in [-0.15, -0.1) is 0 Å². The number of carboxylic acid groups (broad SMARTS) is 1. The minimum atomic E-state index is -0.735. The molecule has 2 aromatic rings. The van der Waals surface area contributed by atoms with Crippen LogP contribution in [0.3, 0.4) is 0 Å². The van der Waals surface area contributed by atoms with E-state index in [1.807, 2.05) is 31.2 Å². The van der Waals surface area contributed by atoms with E-state index in [2.05, 4.69) is 24.3 Å². The lowest BCUT2D eigenvalue weighted by Gasteiger charge is -2.42. The number of benzene rings is 2. The van der Waals surface area contributed by atoms with E-state index >= 15 is 0 Å². The molecule has 0 radical (unpaired) electrons. The van der Waals surface area contributed by atoms with Crippen molar-refractivity contribution in [2.24, 2.45) is 11.3 Å². The van der Waals surface area contributed by atoms with E-state index < -0.39 is 11.4 Å². The van der Waals surface area contributed by atoms with Crippen LogP contribution in [0.1, 0.15) is 49.7 Å². The summed E-state index contributed by atoms with van der Waals surface area (Å²) in [4.78, 5) is 26.6. The van der Waals surface area contributed by atoms with Crippen LogP contribution in [0.4, 0.5) is 4.79 Å². The lowest BCUT2D eigenvalue weighted by atomic mass is 9.58. The van der Waals surface area contributed by atoms with Crippen molar-refractivity contribution >= 4 is 12.1 Å². The Morgan fingerprint density at radius 3 is 2.18 bits per heavy atom. The van der Waals surface area contributed by atoms with Crippen molar-refractivity contribution in [3.05, 3.63) is 59.7 Å². The van der Waals surface area contributed by atoms with Crippen LogP contribution >= 0.6 is 0 Å². The van der Waals surface area contributed by atoms with Crippen LogP contribution in [0.5, 0.6) is 0 Å². The smallest absolute Gasteiger partial charge is 0.409 e. The molecule has 3 saturated heterocycles. The zero-order chi connectivity index (χ0) is 22.8. The number of carbonyl (C=O) groups excluding carboxylic acids is 1. The Morgan fingerprint density at radius 1 is 1.03 bits per heavy atom. The molecule has 1 amide bonds. The molecule has 172 valence electrons. The topological polar surface area (TPSA) is 76.1 Å². The van der Waals surface area contributed by atoms with Gasteiger partial charge < -0.3 is 19.5 Å². The number of piperidine rings is 1. The van der Waals surface area contributed by atoms with Crippen LogP contribution in [0, 0.1) is 11.3 Å². The molecule has 0 aromatic heterocycles. The van der Waals surface area contributed by atoms with E-state index in [-0.39, 0.29) is 29.6 Å². The van der Waals surface area contributed by atoms with Crippen LogP contribution in [-0.2, 0) is 14.3 Å². The molecular weight excluding hydrogens is 418 g/mol. The van der Waals surface area contributed by atoms with E-state index in [4.69, 9.17) is 9.47 Å². The van der Waals surface area contributed by atoms with Crippen LogP contribution in [0.15, 0.2) is 48.5 Å². The van der Waals surface area contributed by atoms with Crippen LogP contribution in [0.25, 0.3) is 11.1 Å².